The molecular formula is C22H16FNO2. The lowest BCUT2D eigenvalue weighted by Gasteiger charge is -2.06. The van der Waals surface area contributed by atoms with Crippen molar-refractivity contribution in [2.24, 2.45) is 4.99 Å². The third-order valence-electron chi connectivity index (χ3n) is 4.09. The maximum absolute atomic E-state index is 13.8. The van der Waals surface area contributed by atoms with Gasteiger partial charge in [0.15, 0.2) is 0 Å². The van der Waals surface area contributed by atoms with Crippen LogP contribution in [0.4, 0.5) is 10.1 Å². The van der Waals surface area contributed by atoms with Gasteiger partial charge in [0.1, 0.15) is 22.9 Å². The number of ether oxygens (including phenoxy) is 1. The molecule has 0 fully saturated rings. The van der Waals surface area contributed by atoms with Crippen molar-refractivity contribution in [1.29, 1.82) is 0 Å². The molecule has 3 nitrogen and oxygen atoms in total. The zero-order valence-electron chi connectivity index (χ0n) is 14.1. The summed E-state index contributed by atoms with van der Waals surface area (Å²) in [5.41, 5.74) is 2.26. The summed E-state index contributed by atoms with van der Waals surface area (Å²) in [6, 6.07) is 23.4. The van der Waals surface area contributed by atoms with Crippen molar-refractivity contribution in [3.8, 4) is 17.1 Å². The van der Waals surface area contributed by atoms with Gasteiger partial charge in [0.25, 0.3) is 0 Å². The SMILES string of the molecule is COc1ccc(-c2cc(=Nc3ccccc3)c3cc(F)ccc3o2)cc1. The summed E-state index contributed by atoms with van der Waals surface area (Å²) >= 11 is 0. The van der Waals surface area contributed by atoms with Gasteiger partial charge in [-0.25, -0.2) is 9.38 Å². The summed E-state index contributed by atoms with van der Waals surface area (Å²) in [6.45, 7) is 0. The number of nitrogens with zero attached hydrogens (tertiary/aromatic N) is 1. The molecule has 0 aliphatic carbocycles. The maximum Gasteiger partial charge on any atom is 0.137 e. The van der Waals surface area contributed by atoms with Crippen LogP contribution in [0.2, 0.25) is 0 Å². The van der Waals surface area contributed by atoms with E-state index in [9.17, 15) is 4.39 Å². The molecule has 4 rings (SSSR count). The summed E-state index contributed by atoms with van der Waals surface area (Å²) in [5, 5.41) is 1.29. The van der Waals surface area contributed by atoms with Crippen molar-refractivity contribution < 1.29 is 13.5 Å². The number of benzene rings is 3. The molecule has 0 radical (unpaired) electrons. The van der Waals surface area contributed by atoms with E-state index in [0.29, 0.717) is 22.1 Å². The van der Waals surface area contributed by atoms with Crippen LogP contribution in [0.5, 0.6) is 5.75 Å². The molecule has 0 spiro atoms. The Hall–Kier alpha value is -3.40. The predicted molar refractivity (Wildman–Crippen MR) is 99.8 cm³/mol. The molecule has 0 aliphatic rings. The highest BCUT2D eigenvalue weighted by Crippen LogP contribution is 2.25. The zero-order valence-corrected chi connectivity index (χ0v) is 14.1. The average molecular weight is 345 g/mol. The van der Waals surface area contributed by atoms with Gasteiger partial charge in [-0.3, -0.25) is 0 Å². The van der Waals surface area contributed by atoms with Gasteiger partial charge in [-0.05, 0) is 54.6 Å². The Morgan fingerprint density at radius 2 is 1.65 bits per heavy atom. The van der Waals surface area contributed by atoms with Crippen molar-refractivity contribution in [3.05, 3.63) is 90.0 Å². The van der Waals surface area contributed by atoms with E-state index in [1.807, 2.05) is 60.7 Å². The van der Waals surface area contributed by atoms with Crippen LogP contribution < -0.4 is 10.1 Å². The molecule has 0 unspecified atom stereocenters. The van der Waals surface area contributed by atoms with Crippen molar-refractivity contribution in [2.75, 3.05) is 7.11 Å². The smallest absolute Gasteiger partial charge is 0.137 e. The van der Waals surface area contributed by atoms with E-state index in [1.165, 1.54) is 12.1 Å². The lowest BCUT2D eigenvalue weighted by Crippen LogP contribution is -2.03. The van der Waals surface area contributed by atoms with E-state index in [0.717, 1.165) is 17.0 Å². The van der Waals surface area contributed by atoms with Gasteiger partial charge in [0.05, 0.1) is 18.2 Å². The minimum Gasteiger partial charge on any atom is -0.497 e. The Labute approximate surface area is 150 Å². The fourth-order valence-electron chi connectivity index (χ4n) is 2.77. The van der Waals surface area contributed by atoms with Crippen molar-refractivity contribution in [2.45, 2.75) is 0 Å². The van der Waals surface area contributed by atoms with Crippen LogP contribution in [-0.4, -0.2) is 7.11 Å². The first-order chi connectivity index (χ1) is 12.7. The van der Waals surface area contributed by atoms with E-state index in [1.54, 1.807) is 13.2 Å². The topological polar surface area (TPSA) is 34.7 Å². The molecule has 0 saturated heterocycles. The molecule has 26 heavy (non-hydrogen) atoms. The van der Waals surface area contributed by atoms with E-state index in [2.05, 4.69) is 4.99 Å². The molecule has 128 valence electrons. The van der Waals surface area contributed by atoms with E-state index < -0.39 is 0 Å². The second-order valence-electron chi connectivity index (χ2n) is 5.81. The standard InChI is InChI=1S/C22H16FNO2/c1-25-18-10-7-15(8-11-18)22-14-20(24-17-5-3-2-4-6-17)19-13-16(23)9-12-21(19)26-22/h2-14H,1H3. The van der Waals surface area contributed by atoms with Crippen LogP contribution in [0.15, 0.2) is 88.3 Å². The van der Waals surface area contributed by atoms with Crippen molar-refractivity contribution in [3.63, 3.8) is 0 Å². The monoisotopic (exact) mass is 345 g/mol. The van der Waals surface area contributed by atoms with Gasteiger partial charge in [-0.1, -0.05) is 18.2 Å². The van der Waals surface area contributed by atoms with Gasteiger partial charge in [0, 0.05) is 17.0 Å². The molecule has 4 aromatic rings. The second-order valence-corrected chi connectivity index (χ2v) is 5.81. The van der Waals surface area contributed by atoms with Crippen LogP contribution in [-0.2, 0) is 0 Å². The maximum atomic E-state index is 13.8. The first kappa shape index (κ1) is 16.1. The largest absolute Gasteiger partial charge is 0.497 e. The second kappa shape index (κ2) is 6.84. The molecule has 0 N–H and O–H groups in total. The first-order valence-corrected chi connectivity index (χ1v) is 8.20. The molecule has 0 bridgehead atoms. The average Bonchev–Trinajstić information content (AvgIpc) is 2.69. The fraction of sp³-hybridized carbons (Fsp3) is 0.0455. The van der Waals surface area contributed by atoms with Crippen LogP contribution in [0.25, 0.3) is 22.3 Å². The quantitative estimate of drug-likeness (QED) is 0.493. The van der Waals surface area contributed by atoms with Gasteiger partial charge in [-0.15, -0.1) is 0 Å². The Balaban J connectivity index is 1.95. The number of hydrogen-bond donors (Lipinski definition) is 0. The number of rotatable bonds is 3. The number of hydrogen-bond acceptors (Lipinski definition) is 3. The molecule has 1 heterocycles. The van der Waals surface area contributed by atoms with E-state index in [4.69, 9.17) is 9.15 Å². The first-order valence-electron chi connectivity index (χ1n) is 8.20. The van der Waals surface area contributed by atoms with Crippen molar-refractivity contribution >= 4 is 16.7 Å². The minimum atomic E-state index is -0.325. The number of para-hydroxylation sites is 1. The zero-order chi connectivity index (χ0) is 17.9. The normalized spacial score (nSPS) is 11.7. The van der Waals surface area contributed by atoms with Crippen LogP contribution in [0.1, 0.15) is 0 Å². The summed E-state index contributed by atoms with van der Waals surface area (Å²) in [5.74, 6) is 1.10. The highest BCUT2D eigenvalue weighted by Gasteiger charge is 2.07. The van der Waals surface area contributed by atoms with E-state index >= 15 is 0 Å². The lowest BCUT2D eigenvalue weighted by atomic mass is 10.1. The molecule has 0 aliphatic heterocycles. The Morgan fingerprint density at radius 3 is 2.38 bits per heavy atom. The Kier molecular flexibility index (Phi) is 4.23. The van der Waals surface area contributed by atoms with Gasteiger partial charge < -0.3 is 9.15 Å². The number of fused-ring (bicyclic) bond motifs is 1. The highest BCUT2D eigenvalue weighted by atomic mass is 19.1. The predicted octanol–water partition coefficient (Wildman–Crippen LogP) is 5.48. The molecule has 0 saturated carbocycles. The summed E-state index contributed by atoms with van der Waals surface area (Å²) in [4.78, 5) is 4.68. The summed E-state index contributed by atoms with van der Waals surface area (Å²) in [6.07, 6.45) is 0. The molecular weight excluding hydrogens is 329 g/mol. The third kappa shape index (κ3) is 3.22. The molecule has 1 aromatic heterocycles. The van der Waals surface area contributed by atoms with Crippen LogP contribution in [0.3, 0.4) is 0 Å². The lowest BCUT2D eigenvalue weighted by molar-refractivity contribution is 0.415. The van der Waals surface area contributed by atoms with Crippen molar-refractivity contribution in [1.82, 2.24) is 0 Å². The summed E-state index contributed by atoms with van der Waals surface area (Å²) < 4.78 is 25.0. The fourth-order valence-corrected chi connectivity index (χ4v) is 2.77. The van der Waals surface area contributed by atoms with Gasteiger partial charge in [-0.2, -0.15) is 0 Å². The third-order valence-corrected chi connectivity index (χ3v) is 4.09. The Bertz CT molecular complexity index is 1120. The van der Waals surface area contributed by atoms with E-state index in [-0.39, 0.29) is 5.82 Å². The molecule has 0 atom stereocenters. The van der Waals surface area contributed by atoms with Crippen LogP contribution >= 0.6 is 0 Å². The van der Waals surface area contributed by atoms with Gasteiger partial charge in [0.2, 0.25) is 0 Å². The molecule has 4 heteroatoms. The minimum absolute atomic E-state index is 0.325. The number of methoxy groups -OCH3 is 1. The molecule has 3 aromatic carbocycles. The summed E-state index contributed by atoms with van der Waals surface area (Å²) in [7, 11) is 1.63. The molecule has 0 amide bonds. The van der Waals surface area contributed by atoms with Gasteiger partial charge >= 0.3 is 0 Å². The Morgan fingerprint density at radius 1 is 0.885 bits per heavy atom. The highest BCUT2D eigenvalue weighted by molar-refractivity contribution is 5.78. The van der Waals surface area contributed by atoms with Crippen LogP contribution in [0, 0.1) is 5.82 Å². The number of halogens is 1.